The largest absolute Gasteiger partial charge is 0.345 e. The van der Waals surface area contributed by atoms with Crippen molar-refractivity contribution in [2.24, 2.45) is 17.8 Å². The van der Waals surface area contributed by atoms with E-state index in [1.165, 1.54) is 25.7 Å². The summed E-state index contributed by atoms with van der Waals surface area (Å²) in [6.07, 6.45) is 10.5. The van der Waals surface area contributed by atoms with Crippen LogP contribution in [0.1, 0.15) is 55.4 Å². The van der Waals surface area contributed by atoms with Gasteiger partial charge in [0.25, 0.3) is 5.91 Å². The number of nitrogens with zero attached hydrogens (tertiary/aromatic N) is 2. The molecule has 4 saturated carbocycles. The Bertz CT molecular complexity index is 788. The van der Waals surface area contributed by atoms with Crippen LogP contribution in [0.15, 0.2) is 30.5 Å². The van der Waals surface area contributed by atoms with E-state index in [-0.39, 0.29) is 11.4 Å². The van der Waals surface area contributed by atoms with Gasteiger partial charge < -0.3 is 5.32 Å². The van der Waals surface area contributed by atoms with Crippen LogP contribution in [0.5, 0.6) is 0 Å². The fourth-order valence-corrected chi connectivity index (χ4v) is 5.68. The van der Waals surface area contributed by atoms with Crippen molar-refractivity contribution in [3.05, 3.63) is 36.2 Å². The lowest BCUT2D eigenvalue weighted by atomic mass is 9.65. The first-order chi connectivity index (χ1) is 11.7. The third-order valence-electron chi connectivity index (χ3n) is 6.45. The fourth-order valence-electron chi connectivity index (χ4n) is 5.68. The van der Waals surface area contributed by atoms with Gasteiger partial charge >= 0.3 is 0 Å². The van der Waals surface area contributed by atoms with E-state index >= 15 is 0 Å². The summed E-state index contributed by atoms with van der Waals surface area (Å²) in [6, 6.07) is 7.71. The molecular formula is C20H23N3O. The van der Waals surface area contributed by atoms with E-state index < -0.39 is 0 Å². The van der Waals surface area contributed by atoms with E-state index in [1.54, 1.807) is 6.20 Å². The molecule has 2 aromatic rings. The van der Waals surface area contributed by atoms with Crippen molar-refractivity contribution in [3.63, 3.8) is 0 Å². The molecule has 1 aromatic heterocycles. The van der Waals surface area contributed by atoms with E-state index in [4.69, 9.17) is 0 Å². The Morgan fingerprint density at radius 3 is 2.54 bits per heavy atom. The molecule has 1 aromatic carbocycles. The van der Waals surface area contributed by atoms with E-state index in [9.17, 15) is 4.79 Å². The molecule has 0 radical (unpaired) electrons. The molecule has 0 spiro atoms. The van der Waals surface area contributed by atoms with Gasteiger partial charge in [-0.05, 0) is 74.8 Å². The first kappa shape index (κ1) is 14.4. The molecule has 2 unspecified atom stereocenters. The van der Waals surface area contributed by atoms with Gasteiger partial charge in [-0.2, -0.15) is 0 Å². The molecule has 0 saturated heterocycles. The summed E-state index contributed by atoms with van der Waals surface area (Å²) in [6.45, 7) is 0. The Morgan fingerprint density at radius 1 is 1.04 bits per heavy atom. The number of carbonyl (C=O) groups excluding carboxylic acids is 1. The lowest BCUT2D eigenvalue weighted by molar-refractivity contribution is 0.0710. The van der Waals surface area contributed by atoms with Gasteiger partial charge in [0.2, 0.25) is 0 Å². The molecule has 0 aliphatic heterocycles. The molecular weight excluding hydrogens is 298 g/mol. The first-order valence-electron chi connectivity index (χ1n) is 9.23. The fraction of sp³-hybridized carbons (Fsp3) is 0.550. The van der Waals surface area contributed by atoms with Gasteiger partial charge in [0.15, 0.2) is 0 Å². The van der Waals surface area contributed by atoms with Crippen LogP contribution in [-0.2, 0) is 0 Å². The summed E-state index contributed by atoms with van der Waals surface area (Å²) in [5.41, 5.74) is 2.07. The number of nitrogens with one attached hydrogen (secondary N) is 1. The van der Waals surface area contributed by atoms with Gasteiger partial charge in [-0.3, -0.25) is 9.78 Å². The zero-order chi connectivity index (χ0) is 16.1. The predicted molar refractivity (Wildman–Crippen MR) is 92.5 cm³/mol. The average Bonchev–Trinajstić information content (AvgIpc) is 2.78. The summed E-state index contributed by atoms with van der Waals surface area (Å²) in [5, 5.41) is 3.40. The van der Waals surface area contributed by atoms with E-state index in [0.29, 0.717) is 5.69 Å². The van der Waals surface area contributed by atoms with Gasteiger partial charge in [-0.1, -0.05) is 12.1 Å². The number of amides is 1. The average molecular weight is 321 g/mol. The number of para-hydroxylation sites is 2. The van der Waals surface area contributed by atoms with Crippen LogP contribution in [0.4, 0.5) is 0 Å². The normalized spacial score (nSPS) is 34.2. The number of fused-ring (bicyclic) bond motifs is 2. The summed E-state index contributed by atoms with van der Waals surface area (Å²) < 4.78 is 0. The van der Waals surface area contributed by atoms with Gasteiger partial charge in [0.05, 0.1) is 17.2 Å². The first-order valence-corrected chi connectivity index (χ1v) is 9.23. The standard InChI is InChI=1S/C20H23N3O/c24-19(18-12-21-16-3-1-2-4-17(16)22-18)23-20-6-5-13-7-14(10-20)9-15(8-13)11-20/h1-4,12-15H,5-11H2,(H,23,24). The van der Waals surface area contributed by atoms with Gasteiger partial charge in [-0.25, -0.2) is 4.98 Å². The number of carbonyl (C=O) groups is 1. The Balaban J connectivity index is 1.42. The Labute approximate surface area is 142 Å². The van der Waals surface area contributed by atoms with Gasteiger partial charge in [-0.15, -0.1) is 0 Å². The summed E-state index contributed by atoms with van der Waals surface area (Å²) in [7, 11) is 0. The molecule has 1 heterocycles. The van der Waals surface area contributed by atoms with Crippen LogP contribution in [0.25, 0.3) is 11.0 Å². The maximum Gasteiger partial charge on any atom is 0.271 e. The lowest BCUT2D eigenvalue weighted by Gasteiger charge is -2.45. The summed E-state index contributed by atoms with van der Waals surface area (Å²) in [5.74, 6) is 2.48. The molecule has 4 heteroatoms. The van der Waals surface area contributed by atoms with E-state index in [1.807, 2.05) is 24.3 Å². The van der Waals surface area contributed by atoms with Crippen molar-refractivity contribution in [3.8, 4) is 0 Å². The minimum absolute atomic E-state index is 0.00322. The number of rotatable bonds is 2. The van der Waals surface area contributed by atoms with Crippen molar-refractivity contribution >= 4 is 16.9 Å². The molecule has 4 nitrogen and oxygen atoms in total. The monoisotopic (exact) mass is 321 g/mol. The summed E-state index contributed by atoms with van der Waals surface area (Å²) in [4.78, 5) is 21.8. The molecule has 6 rings (SSSR count). The van der Waals surface area contributed by atoms with Crippen molar-refractivity contribution in [2.45, 2.75) is 50.5 Å². The molecule has 4 bridgehead atoms. The smallest absolute Gasteiger partial charge is 0.271 e. The summed E-state index contributed by atoms with van der Waals surface area (Å²) >= 11 is 0. The van der Waals surface area contributed by atoms with Crippen LogP contribution in [-0.4, -0.2) is 21.4 Å². The van der Waals surface area contributed by atoms with Crippen LogP contribution < -0.4 is 5.32 Å². The minimum atomic E-state index is -0.0481. The lowest BCUT2D eigenvalue weighted by Crippen LogP contribution is -2.52. The molecule has 124 valence electrons. The van der Waals surface area contributed by atoms with Crippen LogP contribution >= 0.6 is 0 Å². The second-order valence-corrected chi connectivity index (χ2v) is 8.23. The zero-order valence-corrected chi connectivity index (χ0v) is 13.9. The van der Waals surface area contributed by atoms with Crippen molar-refractivity contribution in [2.75, 3.05) is 0 Å². The molecule has 24 heavy (non-hydrogen) atoms. The van der Waals surface area contributed by atoms with Gasteiger partial charge in [0.1, 0.15) is 5.69 Å². The third kappa shape index (κ3) is 2.40. The third-order valence-corrected chi connectivity index (χ3v) is 6.45. The topological polar surface area (TPSA) is 54.9 Å². The quantitative estimate of drug-likeness (QED) is 0.917. The molecule has 4 aliphatic rings. The highest BCUT2D eigenvalue weighted by Crippen LogP contribution is 2.53. The Hall–Kier alpha value is -1.97. The highest BCUT2D eigenvalue weighted by atomic mass is 16.2. The maximum absolute atomic E-state index is 12.9. The SMILES string of the molecule is O=C(NC12CCC3CC(CC(C3)C1)C2)c1cnc2ccccc2n1. The maximum atomic E-state index is 12.9. The Kier molecular flexibility index (Phi) is 3.15. The second-order valence-electron chi connectivity index (χ2n) is 8.23. The van der Waals surface area contributed by atoms with E-state index in [2.05, 4.69) is 15.3 Å². The number of hydrogen-bond donors (Lipinski definition) is 1. The highest BCUT2D eigenvalue weighted by molar-refractivity contribution is 5.94. The van der Waals surface area contributed by atoms with Crippen LogP contribution in [0.3, 0.4) is 0 Å². The van der Waals surface area contributed by atoms with Crippen molar-refractivity contribution in [1.29, 1.82) is 0 Å². The Morgan fingerprint density at radius 2 is 1.75 bits per heavy atom. The number of aromatic nitrogens is 2. The van der Waals surface area contributed by atoms with Crippen LogP contribution in [0.2, 0.25) is 0 Å². The van der Waals surface area contributed by atoms with Gasteiger partial charge in [0, 0.05) is 5.54 Å². The van der Waals surface area contributed by atoms with Crippen LogP contribution in [0, 0.1) is 17.8 Å². The van der Waals surface area contributed by atoms with E-state index in [0.717, 1.165) is 48.0 Å². The molecule has 1 amide bonds. The zero-order valence-electron chi connectivity index (χ0n) is 13.9. The second kappa shape index (κ2) is 5.27. The molecule has 4 fully saturated rings. The molecule has 1 N–H and O–H groups in total. The van der Waals surface area contributed by atoms with Crippen molar-refractivity contribution in [1.82, 2.24) is 15.3 Å². The highest BCUT2D eigenvalue weighted by Gasteiger charge is 2.48. The number of hydrogen-bond acceptors (Lipinski definition) is 3. The predicted octanol–water partition coefficient (Wildman–Crippen LogP) is 3.72. The minimum Gasteiger partial charge on any atom is -0.345 e. The molecule has 2 atom stereocenters. The molecule has 4 aliphatic carbocycles. The van der Waals surface area contributed by atoms with Crippen molar-refractivity contribution < 1.29 is 4.79 Å². The number of benzene rings is 1.